The first kappa shape index (κ1) is 75.9. The zero-order valence-electron chi connectivity index (χ0n) is 54.6. The van der Waals surface area contributed by atoms with Crippen LogP contribution in [0.2, 0.25) is 0 Å². The molecule has 3 heterocycles. The minimum Gasteiger partial charge on any atom is -0.508 e. The Morgan fingerprint density at radius 2 is 0.606 bits per heavy atom. The van der Waals surface area contributed by atoms with Gasteiger partial charge in [0.2, 0.25) is 0 Å². The van der Waals surface area contributed by atoms with E-state index in [1.165, 1.54) is 36.4 Å². The number of aromatic carboxylic acids is 1. The molecule has 0 aliphatic carbocycles. The van der Waals surface area contributed by atoms with Crippen LogP contribution in [0.25, 0.3) is 0 Å². The number of hydrogen-bond donors (Lipinski definition) is 3. The number of carboxylic acid groups (broad SMARTS) is 1. The SMILES string of the molecule is C=C1CC(CCCCCOc2ccc(C(=O)O)cc2)OC1=O.C=C1CC(CCCCCOc2ccc(C(=O)Oc3ccc(C(=O)c4ccc(OC(=O)c5ccc(OCCCCCC6CC(=C)C(=O)O6)cc5)cc4)cc3)cc2)OC1=O.ClCCl.O=C(c1ccc(O)cc1)c1ccc(O)cc1. The fourth-order valence-corrected chi connectivity index (χ4v) is 10.2. The summed E-state index contributed by atoms with van der Waals surface area (Å²) in [6.07, 6.45) is 12.5. The summed E-state index contributed by atoms with van der Waals surface area (Å²) in [5, 5.41) is 27.2. The second-order valence-electron chi connectivity index (χ2n) is 23.2. The van der Waals surface area contributed by atoms with E-state index < -0.39 is 17.9 Å². The van der Waals surface area contributed by atoms with Crippen molar-refractivity contribution in [1.82, 2.24) is 0 Å². The molecule has 3 aliphatic rings. The molecular weight excluding hydrogens is 1310 g/mol. The van der Waals surface area contributed by atoms with Gasteiger partial charge in [0.25, 0.3) is 0 Å². The average Bonchev–Trinajstić information content (AvgIpc) is 1.80. The molecule has 0 amide bonds. The van der Waals surface area contributed by atoms with Crippen molar-refractivity contribution in [2.75, 3.05) is 25.2 Å². The summed E-state index contributed by atoms with van der Waals surface area (Å²) in [4.78, 5) is 95.3. The Morgan fingerprint density at radius 1 is 0.364 bits per heavy atom. The molecule has 0 spiro atoms. The van der Waals surface area contributed by atoms with Gasteiger partial charge in [-0.2, -0.15) is 0 Å². The normalized spacial score (nSPS) is 15.1. The Bertz CT molecular complexity index is 3620. The highest BCUT2D eigenvalue weighted by atomic mass is 35.5. The number of rotatable bonds is 30. The van der Waals surface area contributed by atoms with E-state index in [0.29, 0.717) is 106 Å². The number of cyclic esters (lactones) is 3. The summed E-state index contributed by atoms with van der Waals surface area (Å²) < 4.78 is 43.8. The molecule has 21 heteroatoms. The lowest BCUT2D eigenvalue weighted by atomic mass is 10.0. The minimum absolute atomic E-state index is 0.00974. The number of aromatic hydroxyl groups is 2. The van der Waals surface area contributed by atoms with Crippen molar-refractivity contribution in [2.24, 2.45) is 0 Å². The molecule has 99 heavy (non-hydrogen) atoms. The lowest BCUT2D eigenvalue weighted by Gasteiger charge is -2.10. The summed E-state index contributed by atoms with van der Waals surface area (Å²) >= 11 is 9.53. The Hall–Kier alpha value is -10.5. The zero-order chi connectivity index (χ0) is 71.1. The quantitative estimate of drug-likeness (QED) is 0.00718. The molecule has 0 bridgehead atoms. The summed E-state index contributed by atoms with van der Waals surface area (Å²) in [6, 6.07) is 44.4. The average molecular weight is 1390 g/mol. The van der Waals surface area contributed by atoms with Crippen LogP contribution >= 0.6 is 23.2 Å². The van der Waals surface area contributed by atoms with Crippen molar-refractivity contribution < 1.29 is 91.6 Å². The lowest BCUT2D eigenvalue weighted by molar-refractivity contribution is -0.140. The van der Waals surface area contributed by atoms with E-state index in [1.807, 2.05) is 0 Å². The number of esters is 5. The first-order chi connectivity index (χ1) is 47.7. The van der Waals surface area contributed by atoms with Crippen LogP contribution in [0.1, 0.15) is 159 Å². The first-order valence-corrected chi connectivity index (χ1v) is 33.3. The van der Waals surface area contributed by atoms with Crippen LogP contribution in [0.4, 0.5) is 0 Å². The maximum Gasteiger partial charge on any atom is 0.343 e. The van der Waals surface area contributed by atoms with Crippen LogP contribution in [0.15, 0.2) is 206 Å². The van der Waals surface area contributed by atoms with Gasteiger partial charge in [-0.05, 0) is 247 Å². The van der Waals surface area contributed by atoms with Gasteiger partial charge in [0, 0.05) is 58.2 Å². The number of carbonyl (C=O) groups is 8. The fraction of sp³-hybridized carbons (Fsp3) is 0.282. The van der Waals surface area contributed by atoms with E-state index in [2.05, 4.69) is 19.7 Å². The van der Waals surface area contributed by atoms with Gasteiger partial charge in [-0.15, -0.1) is 23.2 Å². The summed E-state index contributed by atoms with van der Waals surface area (Å²) in [5.41, 5.74) is 4.40. The summed E-state index contributed by atoms with van der Waals surface area (Å²) in [7, 11) is 0. The predicted octanol–water partition coefficient (Wildman–Crippen LogP) is 15.9. The highest BCUT2D eigenvalue weighted by Gasteiger charge is 2.29. The van der Waals surface area contributed by atoms with E-state index in [1.54, 1.807) is 133 Å². The molecule has 19 nitrogen and oxygen atoms in total. The number of benzene rings is 7. The Labute approximate surface area is 584 Å². The van der Waals surface area contributed by atoms with Crippen LogP contribution < -0.4 is 23.7 Å². The van der Waals surface area contributed by atoms with Crippen LogP contribution in [0, 0.1) is 0 Å². The number of unbranched alkanes of at least 4 members (excludes halogenated alkanes) is 6. The van der Waals surface area contributed by atoms with Crippen LogP contribution in [0.5, 0.6) is 40.2 Å². The predicted molar refractivity (Wildman–Crippen MR) is 372 cm³/mol. The number of ketones is 2. The highest BCUT2D eigenvalue weighted by Crippen LogP contribution is 2.28. The van der Waals surface area contributed by atoms with Gasteiger partial charge >= 0.3 is 35.8 Å². The molecule has 3 N–H and O–H groups in total. The van der Waals surface area contributed by atoms with Gasteiger partial charge in [0.05, 0.1) is 41.9 Å². The number of carboxylic acids is 1. The smallest absolute Gasteiger partial charge is 0.343 e. The van der Waals surface area contributed by atoms with Crippen molar-refractivity contribution in [2.45, 2.75) is 115 Å². The molecule has 0 radical (unpaired) electrons. The Balaban J connectivity index is 0.000000270. The number of hydrogen-bond acceptors (Lipinski definition) is 18. The topological polar surface area (TPSA) is 271 Å². The molecule has 3 unspecified atom stereocenters. The number of phenolic OH excluding ortho intramolecular Hbond substituents is 2. The number of carbonyl (C=O) groups excluding carboxylic acids is 7. The zero-order valence-corrected chi connectivity index (χ0v) is 56.1. The number of halogens is 2. The Kier molecular flexibility index (Phi) is 30.4. The number of ether oxygens (including phenoxy) is 8. The van der Waals surface area contributed by atoms with Crippen molar-refractivity contribution in [3.05, 3.63) is 245 Å². The van der Waals surface area contributed by atoms with Gasteiger partial charge in [0.15, 0.2) is 11.6 Å². The molecular formula is C78H78Cl2O19. The molecule has 0 saturated carbocycles. The number of alkyl halides is 2. The Morgan fingerprint density at radius 3 is 0.859 bits per heavy atom. The van der Waals surface area contributed by atoms with Crippen molar-refractivity contribution >= 4 is 70.6 Å². The third-order valence-electron chi connectivity index (χ3n) is 15.6. The summed E-state index contributed by atoms with van der Waals surface area (Å²) in [6.45, 7) is 12.7. The minimum atomic E-state index is -0.943. The van der Waals surface area contributed by atoms with Gasteiger partial charge in [0.1, 0.15) is 58.6 Å². The first-order valence-electron chi connectivity index (χ1n) is 32.3. The van der Waals surface area contributed by atoms with E-state index in [-0.39, 0.29) is 81.7 Å². The lowest BCUT2D eigenvalue weighted by Crippen LogP contribution is -2.09. The monoisotopic (exact) mass is 1390 g/mol. The third kappa shape index (κ3) is 25.5. The van der Waals surface area contributed by atoms with Crippen LogP contribution in [-0.4, -0.2) is 106 Å². The van der Waals surface area contributed by atoms with E-state index >= 15 is 0 Å². The van der Waals surface area contributed by atoms with Gasteiger partial charge in [-0.3, -0.25) is 9.59 Å². The van der Waals surface area contributed by atoms with Crippen LogP contribution in [-0.2, 0) is 28.6 Å². The van der Waals surface area contributed by atoms with Gasteiger partial charge < -0.3 is 53.2 Å². The second kappa shape index (κ2) is 39.6. The van der Waals surface area contributed by atoms with Crippen LogP contribution in [0.3, 0.4) is 0 Å². The highest BCUT2D eigenvalue weighted by molar-refractivity contribution is 6.40. The number of phenols is 2. The fourth-order valence-electron chi connectivity index (χ4n) is 10.2. The molecule has 3 aliphatic heterocycles. The second-order valence-corrected chi connectivity index (χ2v) is 24.0. The summed E-state index contributed by atoms with van der Waals surface area (Å²) in [5.74, 6) is -0.492. The molecule has 7 aromatic rings. The molecule has 3 fully saturated rings. The van der Waals surface area contributed by atoms with E-state index in [4.69, 9.17) is 76.4 Å². The van der Waals surface area contributed by atoms with Crippen molar-refractivity contribution in [3.63, 3.8) is 0 Å². The third-order valence-corrected chi connectivity index (χ3v) is 15.6. The molecule has 7 aromatic carbocycles. The van der Waals surface area contributed by atoms with Crippen molar-refractivity contribution in [1.29, 1.82) is 0 Å². The molecule has 0 aromatic heterocycles. The van der Waals surface area contributed by atoms with E-state index in [0.717, 1.165) is 77.0 Å². The van der Waals surface area contributed by atoms with Crippen molar-refractivity contribution in [3.8, 4) is 40.2 Å². The van der Waals surface area contributed by atoms with Gasteiger partial charge in [-0.1, -0.05) is 19.7 Å². The van der Waals surface area contributed by atoms with E-state index in [9.17, 15) is 38.4 Å². The van der Waals surface area contributed by atoms with Gasteiger partial charge in [-0.25, -0.2) is 28.8 Å². The largest absolute Gasteiger partial charge is 0.508 e. The maximum absolute atomic E-state index is 13.1. The molecule has 518 valence electrons. The standard InChI is InChI=1S/C47H46O11.C17H20O5.C13H10O3.CH2Cl2/c1-31-29-41(57-44(31)49)9-5-3-7-27-53-37-19-15-35(16-20-37)46(51)55-39-23-11-33(12-24-39)43(48)34-13-25-40(26-14-34)56-47(52)36-17-21-38(22-18-36)54-28-8-4-6-10-42-30-32(2)45(50)58-42;1-12-11-15(22-17(12)20)5-3-2-4-10-21-14-8-6-13(7-9-14)16(18)19;14-11-5-1-9(2-6-11)13(16)10-3-7-12(15)8-4-10;2-1-3/h11-26,41-42H,1-10,27-30H2;6-9,15H,1-5,10-11H2,(H,18,19);1-8,14-15H;1H2. The molecule has 3 atom stereocenters. The molecule has 3 saturated heterocycles. The maximum atomic E-state index is 13.1. The molecule has 10 rings (SSSR count).